The second-order valence-corrected chi connectivity index (χ2v) is 10.1. The van der Waals surface area contributed by atoms with Crippen molar-refractivity contribution in [3.05, 3.63) is 59.9 Å². The van der Waals surface area contributed by atoms with Crippen molar-refractivity contribution in [3.63, 3.8) is 0 Å². The summed E-state index contributed by atoms with van der Waals surface area (Å²) in [6, 6.07) is 14.2. The number of rotatable bonds is 6. The fourth-order valence-electron chi connectivity index (χ4n) is 6.05. The predicted octanol–water partition coefficient (Wildman–Crippen LogP) is 3.48. The fourth-order valence-corrected chi connectivity index (χ4v) is 6.05. The van der Waals surface area contributed by atoms with Gasteiger partial charge in [0, 0.05) is 46.1 Å². The molecule has 1 fully saturated rings. The van der Waals surface area contributed by atoms with E-state index in [1.807, 2.05) is 30.3 Å². The van der Waals surface area contributed by atoms with Gasteiger partial charge in [0.15, 0.2) is 5.78 Å². The molecular weight excluding hydrogens is 459 g/mol. The van der Waals surface area contributed by atoms with Crippen molar-refractivity contribution in [2.45, 2.75) is 38.1 Å². The van der Waals surface area contributed by atoms with Crippen LogP contribution < -0.4 is 9.75 Å². The van der Waals surface area contributed by atoms with Crippen molar-refractivity contribution >= 4 is 23.1 Å². The fraction of sp³-hybridized carbons (Fsp3) is 0.464. The molecule has 7 nitrogen and oxygen atoms in total. The van der Waals surface area contributed by atoms with Gasteiger partial charge in [-0.05, 0) is 36.6 Å². The van der Waals surface area contributed by atoms with E-state index < -0.39 is 5.41 Å². The molecule has 0 saturated carbocycles. The predicted molar refractivity (Wildman–Crippen MR) is 137 cm³/mol. The number of carbonyl (C=O) groups is 2. The van der Waals surface area contributed by atoms with Crippen LogP contribution in [0.3, 0.4) is 0 Å². The third-order valence-electron chi connectivity index (χ3n) is 8.04. The zero-order chi connectivity index (χ0) is 25.4. The molecule has 0 aromatic heterocycles. The topological polar surface area (TPSA) is 65.5 Å². The number of halogens is 1. The smallest absolute Gasteiger partial charge is 0.223 e. The quantitative estimate of drug-likeness (QED) is 0.618. The van der Waals surface area contributed by atoms with E-state index in [2.05, 4.69) is 24.0 Å². The monoisotopic (exact) mass is 492 g/mol. The number of hydrogen-bond acceptors (Lipinski definition) is 6. The normalized spacial score (nSPS) is 24.9. The maximum absolute atomic E-state index is 14.3. The second kappa shape index (κ2) is 9.65. The first kappa shape index (κ1) is 24.4. The van der Waals surface area contributed by atoms with Crippen molar-refractivity contribution in [3.8, 4) is 5.75 Å². The summed E-state index contributed by atoms with van der Waals surface area (Å²) in [4.78, 5) is 29.4. The minimum atomic E-state index is -0.727. The van der Waals surface area contributed by atoms with E-state index in [4.69, 9.17) is 9.84 Å². The second-order valence-electron chi connectivity index (χ2n) is 10.1. The molecule has 5 rings (SSSR count). The van der Waals surface area contributed by atoms with Crippen LogP contribution in [0.1, 0.15) is 32.3 Å². The highest BCUT2D eigenvalue weighted by molar-refractivity contribution is 6.43. The lowest BCUT2D eigenvalue weighted by molar-refractivity contribution is -0.129. The number of ether oxygens (including phenoxy) is 1. The van der Waals surface area contributed by atoms with Gasteiger partial charge >= 0.3 is 0 Å². The van der Waals surface area contributed by atoms with Gasteiger partial charge < -0.3 is 14.5 Å². The van der Waals surface area contributed by atoms with Crippen LogP contribution in [0, 0.1) is 11.7 Å². The van der Waals surface area contributed by atoms with E-state index in [9.17, 15) is 14.0 Å². The lowest BCUT2D eigenvalue weighted by atomic mass is 9.61. The summed E-state index contributed by atoms with van der Waals surface area (Å²) in [6.07, 6.45) is 1.32. The number of amides is 1. The summed E-state index contributed by atoms with van der Waals surface area (Å²) >= 11 is 0. The lowest BCUT2D eigenvalue weighted by Crippen LogP contribution is -2.57. The van der Waals surface area contributed by atoms with Gasteiger partial charge in [0.05, 0.1) is 5.41 Å². The highest BCUT2D eigenvalue weighted by atomic mass is 19.1. The Bertz CT molecular complexity index is 1190. The minimum Gasteiger partial charge on any atom is -0.489 e. The van der Waals surface area contributed by atoms with E-state index in [1.54, 1.807) is 17.9 Å². The van der Waals surface area contributed by atoms with Crippen molar-refractivity contribution in [1.82, 2.24) is 9.80 Å². The molecule has 190 valence electrons. The summed E-state index contributed by atoms with van der Waals surface area (Å²) in [7, 11) is 1.85. The van der Waals surface area contributed by atoms with Gasteiger partial charge in [-0.25, -0.2) is 4.39 Å². The van der Waals surface area contributed by atoms with Gasteiger partial charge in [-0.1, -0.05) is 37.3 Å². The first-order valence-corrected chi connectivity index (χ1v) is 12.7. The number of likely N-dealkylation sites (N-methyl/N-ethyl adjacent to an activating group) is 1. The van der Waals surface area contributed by atoms with E-state index in [0.29, 0.717) is 36.7 Å². The first-order chi connectivity index (χ1) is 17.3. The summed E-state index contributed by atoms with van der Waals surface area (Å²) in [5, 5.41) is 6.67. The minimum absolute atomic E-state index is 0.0212. The van der Waals surface area contributed by atoms with Crippen molar-refractivity contribution in [1.29, 1.82) is 0 Å². The molecule has 36 heavy (non-hydrogen) atoms. The van der Waals surface area contributed by atoms with Gasteiger partial charge in [0.25, 0.3) is 0 Å². The average molecular weight is 493 g/mol. The molecule has 0 spiro atoms. The van der Waals surface area contributed by atoms with Crippen molar-refractivity contribution in [2.75, 3.05) is 44.8 Å². The Hall–Kier alpha value is -3.26. The molecule has 0 bridgehead atoms. The first-order valence-electron chi connectivity index (χ1n) is 12.7. The Morgan fingerprint density at radius 3 is 2.72 bits per heavy atom. The average Bonchev–Trinajstić information content (AvgIpc) is 3.16. The van der Waals surface area contributed by atoms with Crippen LogP contribution in [0.2, 0.25) is 0 Å². The number of ketones is 1. The molecule has 2 aromatic carbocycles. The van der Waals surface area contributed by atoms with Crippen molar-refractivity contribution in [2.24, 2.45) is 11.0 Å². The lowest BCUT2D eigenvalue weighted by Gasteiger charge is -2.45. The van der Waals surface area contributed by atoms with Crippen LogP contribution in [0.5, 0.6) is 5.75 Å². The molecule has 0 N–H and O–H groups in total. The van der Waals surface area contributed by atoms with Gasteiger partial charge in [0.2, 0.25) is 5.91 Å². The van der Waals surface area contributed by atoms with Crippen LogP contribution in [-0.2, 0) is 15.0 Å². The van der Waals surface area contributed by atoms with Gasteiger partial charge in [-0.2, -0.15) is 5.10 Å². The summed E-state index contributed by atoms with van der Waals surface area (Å²) in [6.45, 7) is 7.14. The van der Waals surface area contributed by atoms with E-state index in [-0.39, 0.29) is 29.5 Å². The highest BCUT2D eigenvalue weighted by Crippen LogP contribution is 2.50. The molecule has 3 atom stereocenters. The molecule has 2 unspecified atom stereocenters. The third-order valence-corrected chi connectivity index (χ3v) is 8.04. The number of hydrogen-bond donors (Lipinski definition) is 0. The van der Waals surface area contributed by atoms with E-state index in [0.717, 1.165) is 31.6 Å². The largest absolute Gasteiger partial charge is 0.489 e. The molecule has 3 aliphatic heterocycles. The molecule has 3 aliphatic rings. The maximum Gasteiger partial charge on any atom is 0.223 e. The number of benzene rings is 2. The van der Waals surface area contributed by atoms with Crippen LogP contribution >= 0.6 is 0 Å². The Labute approximate surface area is 211 Å². The van der Waals surface area contributed by atoms with E-state index >= 15 is 0 Å². The maximum atomic E-state index is 14.3. The third kappa shape index (κ3) is 4.07. The van der Waals surface area contributed by atoms with Crippen LogP contribution in [0.25, 0.3) is 0 Å². The van der Waals surface area contributed by atoms with Crippen molar-refractivity contribution < 1.29 is 18.7 Å². The number of nitrogens with zero attached hydrogens (tertiary/aromatic N) is 4. The van der Waals surface area contributed by atoms with Crippen LogP contribution in [0.15, 0.2) is 53.6 Å². The molecule has 2 aromatic rings. The molecule has 8 heteroatoms. The summed E-state index contributed by atoms with van der Waals surface area (Å²) in [5.74, 6) is 0.291. The molecule has 0 radical (unpaired) electrons. The molecule has 0 aliphatic carbocycles. The highest BCUT2D eigenvalue weighted by Gasteiger charge is 2.58. The van der Waals surface area contributed by atoms with Crippen LogP contribution in [-0.4, -0.2) is 73.1 Å². The van der Waals surface area contributed by atoms with Gasteiger partial charge in [-0.15, -0.1) is 0 Å². The Morgan fingerprint density at radius 1 is 1.19 bits per heavy atom. The van der Waals surface area contributed by atoms with E-state index in [1.165, 1.54) is 12.1 Å². The zero-order valence-electron chi connectivity index (χ0n) is 21.1. The molecular formula is C28H33FN4O3. The number of carbonyl (C=O) groups excluding carboxylic acids is 2. The Balaban J connectivity index is 1.53. The molecule has 1 saturated heterocycles. The zero-order valence-corrected chi connectivity index (χ0v) is 21.1. The summed E-state index contributed by atoms with van der Waals surface area (Å²) in [5.41, 5.74) is 1.31. The molecule has 3 heterocycles. The standard InChI is InChI=1S/C28H33FN4O3/c1-19(11-13-32-14-12-26(35)31(3)15-16-32)28(21-7-5-4-6-8-21)25-18-36-24-10-9-22(29)17-23(24)33(25)30-27(28)20(2)34/h4-10,17,19,25H,11-16,18H2,1-3H3/t19?,25?,28-/m0/s1. The number of Topliss-reactive ketones (excluding diaryl/α,β-unsaturated/α-hetero) is 1. The number of anilines is 1. The van der Waals surface area contributed by atoms with Crippen LogP contribution in [0.4, 0.5) is 10.1 Å². The van der Waals surface area contributed by atoms with Gasteiger partial charge in [0.1, 0.15) is 35.6 Å². The molecule has 1 amide bonds. The Kier molecular flexibility index (Phi) is 6.55. The number of hydrazone groups is 1. The summed E-state index contributed by atoms with van der Waals surface area (Å²) < 4.78 is 20.4. The number of fused-ring (bicyclic) bond motifs is 3. The van der Waals surface area contributed by atoms with Gasteiger partial charge in [-0.3, -0.25) is 14.6 Å². The SMILES string of the molecule is CC(=O)C1=NN2c3cc(F)ccc3OCC2[C@@]1(c1ccccc1)C(C)CCN1CCC(=O)N(C)CC1. The Morgan fingerprint density at radius 2 is 1.97 bits per heavy atom.